The summed E-state index contributed by atoms with van der Waals surface area (Å²) in [7, 11) is 6.58. The summed E-state index contributed by atoms with van der Waals surface area (Å²) in [5.74, 6) is 0.377. The Morgan fingerprint density at radius 3 is 2.25 bits per heavy atom. The van der Waals surface area contributed by atoms with Crippen molar-refractivity contribution in [1.82, 2.24) is 4.90 Å². The van der Waals surface area contributed by atoms with Crippen LogP contribution < -0.4 is 9.47 Å². The van der Waals surface area contributed by atoms with E-state index in [2.05, 4.69) is 0 Å². The second kappa shape index (κ2) is 4.94. The fourth-order valence-corrected chi connectivity index (χ4v) is 1.50. The molecular weight excluding hydrogens is 210 g/mol. The van der Waals surface area contributed by atoms with Gasteiger partial charge in [0.1, 0.15) is 5.75 Å². The lowest BCUT2D eigenvalue weighted by Gasteiger charge is -2.17. The molecule has 0 fully saturated rings. The molecule has 5 nitrogen and oxygen atoms in total. The van der Waals surface area contributed by atoms with E-state index in [9.17, 15) is 10.2 Å². The molecule has 0 heterocycles. The minimum absolute atomic E-state index is 0.0419. The van der Waals surface area contributed by atoms with Crippen molar-refractivity contribution in [2.75, 3.05) is 28.3 Å². The monoisotopic (exact) mass is 227 g/mol. The molecule has 5 heteroatoms. The zero-order chi connectivity index (χ0) is 12.3. The molecule has 0 atom stereocenters. The summed E-state index contributed by atoms with van der Waals surface area (Å²) in [5.41, 5.74) is 0.533. The van der Waals surface area contributed by atoms with Gasteiger partial charge in [-0.2, -0.15) is 0 Å². The minimum Gasteiger partial charge on any atom is -0.507 e. The number of phenols is 2. The van der Waals surface area contributed by atoms with E-state index in [0.717, 1.165) is 0 Å². The molecule has 0 saturated carbocycles. The van der Waals surface area contributed by atoms with Crippen LogP contribution in [0.4, 0.5) is 0 Å². The molecule has 1 rings (SSSR count). The lowest BCUT2D eigenvalue weighted by molar-refractivity contribution is 0.318. The van der Waals surface area contributed by atoms with Gasteiger partial charge in [-0.25, -0.2) is 0 Å². The van der Waals surface area contributed by atoms with Gasteiger partial charge in [0.25, 0.3) is 0 Å². The van der Waals surface area contributed by atoms with Gasteiger partial charge in [0.05, 0.1) is 19.8 Å². The molecule has 0 aliphatic heterocycles. The molecule has 0 saturated heterocycles. The average molecular weight is 227 g/mol. The van der Waals surface area contributed by atoms with Crippen LogP contribution in [0.5, 0.6) is 23.0 Å². The lowest BCUT2D eigenvalue weighted by atomic mass is 10.1. The number of aromatic hydroxyl groups is 2. The smallest absolute Gasteiger partial charge is 0.201 e. The van der Waals surface area contributed by atoms with Gasteiger partial charge in [-0.3, -0.25) is 0 Å². The Balaban J connectivity index is 3.31. The van der Waals surface area contributed by atoms with Crippen LogP contribution in [0, 0.1) is 0 Å². The molecule has 1 aromatic rings. The predicted octanol–water partition coefficient (Wildman–Crippen LogP) is 1.18. The summed E-state index contributed by atoms with van der Waals surface area (Å²) < 4.78 is 10.0. The van der Waals surface area contributed by atoms with Gasteiger partial charge in [0.2, 0.25) is 5.75 Å². The van der Waals surface area contributed by atoms with Crippen LogP contribution in [0.3, 0.4) is 0 Å². The van der Waals surface area contributed by atoms with Crippen molar-refractivity contribution < 1.29 is 19.7 Å². The Kier molecular flexibility index (Phi) is 3.84. The summed E-state index contributed by atoms with van der Waals surface area (Å²) in [6.45, 7) is 0.465. The first kappa shape index (κ1) is 12.4. The Morgan fingerprint density at radius 1 is 1.19 bits per heavy atom. The molecule has 0 spiro atoms. The van der Waals surface area contributed by atoms with Crippen molar-refractivity contribution in [2.24, 2.45) is 0 Å². The minimum atomic E-state index is -0.0975. The van der Waals surface area contributed by atoms with Crippen molar-refractivity contribution in [2.45, 2.75) is 6.54 Å². The summed E-state index contributed by atoms with van der Waals surface area (Å²) in [6.07, 6.45) is 0. The number of nitrogens with zero attached hydrogens (tertiary/aromatic N) is 1. The first-order valence-corrected chi connectivity index (χ1v) is 4.81. The van der Waals surface area contributed by atoms with Crippen LogP contribution >= 0.6 is 0 Å². The van der Waals surface area contributed by atoms with Crippen LogP contribution in [-0.2, 0) is 6.54 Å². The molecule has 1 aromatic carbocycles. The summed E-state index contributed by atoms with van der Waals surface area (Å²) in [6, 6.07) is 1.37. The third kappa shape index (κ3) is 2.30. The van der Waals surface area contributed by atoms with Crippen LogP contribution in [0.25, 0.3) is 0 Å². The fourth-order valence-electron chi connectivity index (χ4n) is 1.50. The standard InChI is InChI=1S/C11H17NO4/c1-12(2)6-7-8(13)5-9(15-3)10(14)11(7)16-4/h5,13-14H,6H2,1-4H3. The van der Waals surface area contributed by atoms with Crippen LogP contribution in [0.1, 0.15) is 5.56 Å². The molecule has 0 aliphatic carbocycles. The van der Waals surface area contributed by atoms with Crippen molar-refractivity contribution in [3.63, 3.8) is 0 Å². The Morgan fingerprint density at radius 2 is 1.81 bits per heavy atom. The van der Waals surface area contributed by atoms with Gasteiger partial charge in [-0.1, -0.05) is 0 Å². The van der Waals surface area contributed by atoms with Crippen molar-refractivity contribution in [3.8, 4) is 23.0 Å². The molecule has 0 bridgehead atoms. The summed E-state index contributed by atoms with van der Waals surface area (Å²) in [5, 5.41) is 19.6. The molecule has 0 unspecified atom stereocenters. The Labute approximate surface area is 94.8 Å². The SMILES string of the molecule is COc1cc(O)c(CN(C)C)c(OC)c1O. The molecule has 0 radical (unpaired) electrons. The second-order valence-electron chi connectivity index (χ2n) is 3.70. The van der Waals surface area contributed by atoms with E-state index in [1.54, 1.807) is 0 Å². The van der Waals surface area contributed by atoms with Gasteiger partial charge < -0.3 is 24.6 Å². The number of hydrogen-bond donors (Lipinski definition) is 2. The van der Waals surface area contributed by atoms with Crippen molar-refractivity contribution in [1.29, 1.82) is 0 Å². The predicted molar refractivity (Wildman–Crippen MR) is 60.3 cm³/mol. The highest BCUT2D eigenvalue weighted by atomic mass is 16.5. The normalized spacial score (nSPS) is 10.6. The molecule has 2 N–H and O–H groups in total. The molecule has 0 aromatic heterocycles. The topological polar surface area (TPSA) is 62.2 Å². The molecule has 0 amide bonds. The van der Waals surface area contributed by atoms with Crippen LogP contribution in [-0.4, -0.2) is 43.4 Å². The number of phenolic OH excluding ortho intramolecular Hbond substituents is 2. The summed E-state index contributed by atoms with van der Waals surface area (Å²) >= 11 is 0. The van der Waals surface area contributed by atoms with Gasteiger partial charge in [0, 0.05) is 12.6 Å². The largest absolute Gasteiger partial charge is 0.507 e. The number of rotatable bonds is 4. The Hall–Kier alpha value is -1.62. The molecule has 16 heavy (non-hydrogen) atoms. The number of benzene rings is 1. The highest BCUT2D eigenvalue weighted by molar-refractivity contribution is 5.60. The molecular formula is C11H17NO4. The highest BCUT2D eigenvalue weighted by Gasteiger charge is 2.19. The fraction of sp³-hybridized carbons (Fsp3) is 0.455. The van der Waals surface area contributed by atoms with E-state index in [1.807, 2.05) is 19.0 Å². The van der Waals surface area contributed by atoms with Gasteiger partial charge in [-0.15, -0.1) is 0 Å². The van der Waals surface area contributed by atoms with E-state index in [0.29, 0.717) is 12.1 Å². The maximum absolute atomic E-state index is 9.83. The van der Waals surface area contributed by atoms with Crippen LogP contribution in [0.15, 0.2) is 6.07 Å². The van der Waals surface area contributed by atoms with Gasteiger partial charge in [-0.05, 0) is 14.1 Å². The van der Waals surface area contributed by atoms with E-state index < -0.39 is 0 Å². The third-order valence-electron chi connectivity index (χ3n) is 2.20. The first-order valence-electron chi connectivity index (χ1n) is 4.81. The number of ether oxygens (including phenoxy) is 2. The quantitative estimate of drug-likeness (QED) is 0.756. The van der Waals surface area contributed by atoms with E-state index >= 15 is 0 Å². The van der Waals surface area contributed by atoms with Crippen molar-refractivity contribution in [3.05, 3.63) is 11.6 Å². The zero-order valence-electron chi connectivity index (χ0n) is 9.94. The lowest BCUT2D eigenvalue weighted by Crippen LogP contribution is -2.12. The van der Waals surface area contributed by atoms with E-state index in [-0.39, 0.29) is 23.0 Å². The highest BCUT2D eigenvalue weighted by Crippen LogP contribution is 2.44. The number of hydrogen-bond acceptors (Lipinski definition) is 5. The van der Waals surface area contributed by atoms with Crippen LogP contribution in [0.2, 0.25) is 0 Å². The zero-order valence-corrected chi connectivity index (χ0v) is 9.94. The van der Waals surface area contributed by atoms with E-state index in [4.69, 9.17) is 9.47 Å². The van der Waals surface area contributed by atoms with E-state index in [1.165, 1.54) is 20.3 Å². The number of methoxy groups -OCH3 is 2. The Bertz CT molecular complexity index is 377. The maximum atomic E-state index is 9.83. The van der Waals surface area contributed by atoms with Gasteiger partial charge >= 0.3 is 0 Å². The van der Waals surface area contributed by atoms with Gasteiger partial charge in [0.15, 0.2) is 11.5 Å². The maximum Gasteiger partial charge on any atom is 0.201 e. The van der Waals surface area contributed by atoms with Crippen molar-refractivity contribution >= 4 is 0 Å². The average Bonchev–Trinajstić information content (AvgIpc) is 2.23. The first-order chi connectivity index (χ1) is 7.51. The molecule has 90 valence electrons. The second-order valence-corrected chi connectivity index (χ2v) is 3.70. The molecule has 0 aliphatic rings. The summed E-state index contributed by atoms with van der Waals surface area (Å²) in [4.78, 5) is 1.86. The third-order valence-corrected chi connectivity index (χ3v) is 2.20.